The van der Waals surface area contributed by atoms with Crippen molar-refractivity contribution >= 4 is 81.4 Å². The normalized spacial score (nSPS) is 14.2. The highest BCUT2D eigenvalue weighted by atomic mass is 28.3. The minimum Gasteiger partial charge on any atom is -0.458 e. The Morgan fingerprint density at radius 2 is 1.30 bits per heavy atom. The summed E-state index contributed by atoms with van der Waals surface area (Å²) in [5, 5.41) is 4.95. The molecule has 9 heteroatoms. The molecule has 4 heterocycles. The quantitative estimate of drug-likeness (QED) is 0.134. The molecule has 60 heavy (non-hydrogen) atoms. The average molecular weight is 790 g/mol. The molecule has 0 saturated carbocycles. The van der Waals surface area contributed by atoms with Gasteiger partial charge in [0.15, 0.2) is 8.07 Å². The van der Waals surface area contributed by atoms with Crippen LogP contribution in [0.1, 0.15) is 5.56 Å². The number of anilines is 3. The molecule has 3 aliphatic rings. The topological polar surface area (TPSA) is 72.2 Å². The number of fused-ring (bicyclic) bond motifs is 6. The third-order valence-corrected chi connectivity index (χ3v) is 16.8. The van der Waals surface area contributed by atoms with Gasteiger partial charge in [-0.3, -0.25) is 9.98 Å². The van der Waals surface area contributed by atoms with E-state index in [1.54, 1.807) is 18.7 Å². The van der Waals surface area contributed by atoms with E-state index in [-0.39, 0.29) is 6.71 Å². The number of aliphatic imine (C=N–C) groups is 2. The third kappa shape index (κ3) is 5.36. The molecule has 0 aliphatic carbocycles. The predicted octanol–water partition coefficient (Wildman–Crippen LogP) is 6.67. The van der Waals surface area contributed by atoms with Gasteiger partial charge in [0.05, 0.1) is 17.1 Å². The molecule has 0 atom stereocenters. The van der Waals surface area contributed by atoms with Crippen molar-refractivity contribution < 1.29 is 9.47 Å². The average Bonchev–Trinajstić information content (AvgIpc) is 3.32. The van der Waals surface area contributed by atoms with Gasteiger partial charge < -0.3 is 14.4 Å². The van der Waals surface area contributed by atoms with Crippen molar-refractivity contribution in [2.45, 2.75) is 0 Å². The largest absolute Gasteiger partial charge is 0.458 e. The van der Waals surface area contributed by atoms with Crippen molar-refractivity contribution in [2.75, 3.05) is 11.9 Å². The standard InChI is InChI=1S/C51H36BN5O2Si/c1-53-29-27-40(54-2)34-21-23-42-48(31-34)60(36-13-5-3-6-14-36,37-15-7-4-8-16-37)49-32-35(41-28-30-55-33-56-41)22-24-43(49)57(42)44-25-26-47-50-51(44)59-46-20-12-10-18-39(46)52(50)38-17-9-11-19-45(38)58-47/h3-33H,1H2,2H3/b29-27-,54-40?. The molecule has 0 bridgehead atoms. The zero-order chi connectivity index (χ0) is 40.2. The summed E-state index contributed by atoms with van der Waals surface area (Å²) in [6.45, 7) is 3.62. The van der Waals surface area contributed by atoms with Crippen molar-refractivity contribution in [2.24, 2.45) is 9.98 Å². The lowest BCUT2D eigenvalue weighted by Crippen LogP contribution is -2.77. The zero-order valence-electron chi connectivity index (χ0n) is 32.7. The molecule has 3 aliphatic heterocycles. The Bertz CT molecular complexity index is 3000. The molecular weight excluding hydrogens is 753 g/mol. The van der Waals surface area contributed by atoms with Crippen LogP contribution in [-0.2, 0) is 0 Å². The molecule has 0 unspecified atom stereocenters. The molecule has 0 saturated heterocycles. The lowest BCUT2D eigenvalue weighted by Gasteiger charge is -2.46. The van der Waals surface area contributed by atoms with E-state index in [0.717, 1.165) is 79.0 Å². The Morgan fingerprint density at radius 1 is 0.667 bits per heavy atom. The van der Waals surface area contributed by atoms with E-state index in [0.29, 0.717) is 0 Å². The van der Waals surface area contributed by atoms with Crippen LogP contribution >= 0.6 is 0 Å². The van der Waals surface area contributed by atoms with Gasteiger partial charge in [-0.05, 0) is 92.5 Å². The molecule has 7 nitrogen and oxygen atoms in total. The van der Waals surface area contributed by atoms with Gasteiger partial charge in [-0.25, -0.2) is 9.97 Å². The van der Waals surface area contributed by atoms with E-state index in [4.69, 9.17) is 19.5 Å². The summed E-state index contributed by atoms with van der Waals surface area (Å²) in [6.07, 6.45) is 7.03. The number of para-hydroxylation sites is 2. The Balaban J connectivity index is 1.26. The summed E-state index contributed by atoms with van der Waals surface area (Å²) in [6, 6.07) is 58.6. The minimum absolute atomic E-state index is 0.0771. The Morgan fingerprint density at radius 3 is 1.97 bits per heavy atom. The second kappa shape index (κ2) is 14.3. The second-order valence-corrected chi connectivity index (χ2v) is 18.8. The monoisotopic (exact) mass is 789 g/mol. The predicted molar refractivity (Wildman–Crippen MR) is 248 cm³/mol. The SMILES string of the molecule is C=N/C=C\C(=NC)c1ccc2c(c1)[Si](c1ccccc1)(c1ccccc1)c1cc(-c3ccncn3)ccc1N2c1ccc2c3c1Oc1ccccc1B3c1ccccc1O2. The van der Waals surface area contributed by atoms with Crippen molar-refractivity contribution in [3.8, 4) is 34.3 Å². The number of benzene rings is 7. The molecule has 0 fully saturated rings. The van der Waals surface area contributed by atoms with Crippen LogP contribution in [0.4, 0.5) is 17.1 Å². The number of nitrogens with zero attached hydrogens (tertiary/aromatic N) is 5. The van der Waals surface area contributed by atoms with Gasteiger partial charge in [0.2, 0.25) is 0 Å². The van der Waals surface area contributed by atoms with E-state index in [9.17, 15) is 0 Å². The van der Waals surface area contributed by atoms with Gasteiger partial charge in [0.1, 0.15) is 29.3 Å². The molecule has 0 amide bonds. The Kier molecular flexibility index (Phi) is 8.49. The zero-order valence-corrected chi connectivity index (χ0v) is 33.7. The Hall–Kier alpha value is -7.62. The number of hydrogen-bond donors (Lipinski definition) is 0. The lowest BCUT2D eigenvalue weighted by atomic mass is 9.35. The highest BCUT2D eigenvalue weighted by Gasteiger charge is 2.50. The number of allylic oxidation sites excluding steroid dienone is 1. The molecule has 0 N–H and O–H groups in total. The van der Waals surface area contributed by atoms with Crippen LogP contribution in [0.3, 0.4) is 0 Å². The van der Waals surface area contributed by atoms with E-state index in [2.05, 4.69) is 167 Å². The van der Waals surface area contributed by atoms with E-state index in [1.807, 2.05) is 31.3 Å². The molecule has 11 rings (SSSR count). The van der Waals surface area contributed by atoms with Gasteiger partial charge >= 0.3 is 0 Å². The Labute approximate surface area is 349 Å². The summed E-state index contributed by atoms with van der Waals surface area (Å²) in [7, 11) is -1.34. The molecule has 1 aromatic heterocycles. The second-order valence-electron chi connectivity index (χ2n) is 15.0. The highest BCUT2D eigenvalue weighted by molar-refractivity contribution is 7.21. The summed E-state index contributed by atoms with van der Waals surface area (Å²) in [4.78, 5) is 20.2. The third-order valence-electron chi connectivity index (χ3n) is 12.0. The molecule has 0 spiro atoms. The maximum Gasteiger partial charge on any atom is 0.260 e. The number of aromatic nitrogens is 2. The first-order valence-corrected chi connectivity index (χ1v) is 22.0. The van der Waals surface area contributed by atoms with Crippen LogP contribution in [0.2, 0.25) is 0 Å². The van der Waals surface area contributed by atoms with Gasteiger partial charge in [-0.1, -0.05) is 121 Å². The van der Waals surface area contributed by atoms with Gasteiger partial charge in [-0.15, -0.1) is 0 Å². The minimum atomic E-state index is -3.16. The maximum atomic E-state index is 7.12. The fourth-order valence-corrected chi connectivity index (χ4v) is 14.7. The van der Waals surface area contributed by atoms with Crippen LogP contribution in [-0.4, -0.2) is 44.2 Å². The number of hydrogen-bond acceptors (Lipinski definition) is 7. The van der Waals surface area contributed by atoms with Crippen molar-refractivity contribution in [3.05, 3.63) is 194 Å². The molecular formula is C51H36BN5O2Si. The first-order valence-electron chi connectivity index (χ1n) is 20.0. The smallest absolute Gasteiger partial charge is 0.260 e. The van der Waals surface area contributed by atoms with E-state index >= 15 is 0 Å². The van der Waals surface area contributed by atoms with Gasteiger partial charge in [0.25, 0.3) is 6.71 Å². The fraction of sp³-hybridized carbons (Fsp3) is 0.0196. The van der Waals surface area contributed by atoms with Crippen molar-refractivity contribution in [1.29, 1.82) is 0 Å². The summed E-state index contributed by atoms with van der Waals surface area (Å²) >= 11 is 0. The van der Waals surface area contributed by atoms with Gasteiger partial charge in [0, 0.05) is 41.8 Å². The van der Waals surface area contributed by atoms with Crippen LogP contribution in [0.5, 0.6) is 23.0 Å². The molecule has 284 valence electrons. The van der Waals surface area contributed by atoms with Crippen molar-refractivity contribution in [1.82, 2.24) is 9.97 Å². The van der Waals surface area contributed by atoms with Gasteiger partial charge in [-0.2, -0.15) is 0 Å². The van der Waals surface area contributed by atoms with Crippen LogP contribution in [0, 0.1) is 0 Å². The first-order chi connectivity index (χ1) is 29.7. The molecule has 7 aromatic carbocycles. The maximum absolute atomic E-state index is 7.12. The molecule has 8 aromatic rings. The number of rotatable bonds is 7. The summed E-state index contributed by atoms with van der Waals surface area (Å²) in [5.41, 5.74) is 9.96. The van der Waals surface area contributed by atoms with Crippen LogP contribution in [0.25, 0.3) is 11.3 Å². The summed E-state index contributed by atoms with van der Waals surface area (Å²) < 4.78 is 13.8. The van der Waals surface area contributed by atoms with Crippen LogP contribution < -0.4 is 51.5 Å². The fourth-order valence-electron chi connectivity index (χ4n) is 9.51. The summed E-state index contributed by atoms with van der Waals surface area (Å²) in [5.74, 6) is 3.26. The first kappa shape index (κ1) is 35.5. The number of ether oxygens (including phenoxy) is 2. The van der Waals surface area contributed by atoms with Crippen LogP contribution in [0.15, 0.2) is 199 Å². The van der Waals surface area contributed by atoms with Crippen molar-refractivity contribution in [3.63, 3.8) is 0 Å². The lowest BCUT2D eigenvalue weighted by molar-refractivity contribution is 0.465. The molecule has 0 radical (unpaired) electrons. The van der Waals surface area contributed by atoms with E-state index in [1.165, 1.54) is 20.7 Å². The highest BCUT2D eigenvalue weighted by Crippen LogP contribution is 2.47. The van der Waals surface area contributed by atoms with E-state index < -0.39 is 8.07 Å².